The topological polar surface area (TPSA) is 64.6 Å². The molecule has 0 heterocycles. The first-order chi connectivity index (χ1) is 7.24. The molecule has 16 heavy (non-hydrogen) atoms. The average Bonchev–Trinajstić information content (AvgIpc) is 2.08. The van der Waals surface area contributed by atoms with E-state index in [1.807, 2.05) is 0 Å². The zero-order valence-corrected chi connectivity index (χ0v) is 9.33. The minimum Gasteiger partial charge on any atom is -0.444 e. The minimum atomic E-state index is -2.98. The number of alkyl carbamates (subject to hydrolysis) is 1. The summed E-state index contributed by atoms with van der Waals surface area (Å²) in [7, 11) is 0. The highest BCUT2D eigenvalue weighted by molar-refractivity contribution is 5.73. The van der Waals surface area contributed by atoms with Crippen molar-refractivity contribution in [2.75, 3.05) is 6.61 Å². The maximum absolute atomic E-state index is 11.7. The SMILES string of the molecule is CC(C)(C)OC(=O)N[C@H](C=O)COC(F)F. The van der Waals surface area contributed by atoms with Gasteiger partial charge in [0.1, 0.15) is 17.9 Å². The molecule has 0 aromatic carbocycles. The lowest BCUT2D eigenvalue weighted by Crippen LogP contribution is -2.42. The fraction of sp³-hybridized carbons (Fsp3) is 0.778. The zero-order chi connectivity index (χ0) is 12.8. The van der Waals surface area contributed by atoms with Gasteiger partial charge in [-0.1, -0.05) is 0 Å². The van der Waals surface area contributed by atoms with Crippen LogP contribution in [-0.4, -0.2) is 37.2 Å². The second-order valence-corrected chi connectivity index (χ2v) is 3.98. The quantitative estimate of drug-likeness (QED) is 0.735. The summed E-state index contributed by atoms with van der Waals surface area (Å²) in [4.78, 5) is 21.6. The van der Waals surface area contributed by atoms with Gasteiger partial charge >= 0.3 is 12.7 Å². The van der Waals surface area contributed by atoms with Crippen molar-refractivity contribution in [3.8, 4) is 0 Å². The van der Waals surface area contributed by atoms with E-state index in [2.05, 4.69) is 10.1 Å². The molecule has 0 aromatic heterocycles. The molecule has 0 bridgehead atoms. The lowest BCUT2D eigenvalue weighted by molar-refractivity contribution is -0.137. The Morgan fingerprint density at radius 2 is 2.00 bits per heavy atom. The van der Waals surface area contributed by atoms with Crippen LogP contribution in [0.3, 0.4) is 0 Å². The van der Waals surface area contributed by atoms with Gasteiger partial charge in [-0.3, -0.25) is 0 Å². The van der Waals surface area contributed by atoms with E-state index in [0.29, 0.717) is 6.29 Å². The summed E-state index contributed by atoms with van der Waals surface area (Å²) < 4.78 is 32.0. The van der Waals surface area contributed by atoms with Crippen LogP contribution in [0.15, 0.2) is 0 Å². The van der Waals surface area contributed by atoms with Gasteiger partial charge in [0.25, 0.3) is 0 Å². The molecule has 0 unspecified atom stereocenters. The number of hydrogen-bond acceptors (Lipinski definition) is 4. The Morgan fingerprint density at radius 1 is 1.44 bits per heavy atom. The third kappa shape index (κ3) is 8.10. The molecule has 0 aliphatic heterocycles. The number of carbonyl (C=O) groups excluding carboxylic acids is 2. The van der Waals surface area contributed by atoms with E-state index in [1.54, 1.807) is 20.8 Å². The molecule has 0 aliphatic carbocycles. The first kappa shape index (κ1) is 14.8. The van der Waals surface area contributed by atoms with Crippen LogP contribution in [0.4, 0.5) is 13.6 Å². The van der Waals surface area contributed by atoms with Crippen LogP contribution in [0, 0.1) is 0 Å². The Kier molecular flexibility index (Phi) is 5.87. The van der Waals surface area contributed by atoms with Crippen molar-refractivity contribution >= 4 is 12.4 Å². The van der Waals surface area contributed by atoms with E-state index in [9.17, 15) is 18.4 Å². The first-order valence-corrected chi connectivity index (χ1v) is 4.59. The third-order valence-corrected chi connectivity index (χ3v) is 1.27. The van der Waals surface area contributed by atoms with Crippen molar-refractivity contribution in [1.29, 1.82) is 0 Å². The maximum Gasteiger partial charge on any atom is 0.408 e. The van der Waals surface area contributed by atoms with Crippen molar-refractivity contribution in [2.45, 2.75) is 39.0 Å². The lowest BCUT2D eigenvalue weighted by atomic mass is 10.2. The summed E-state index contributed by atoms with van der Waals surface area (Å²) in [6, 6.07) is -1.15. The summed E-state index contributed by atoms with van der Waals surface area (Å²) in [5.74, 6) is 0. The molecular weight excluding hydrogens is 224 g/mol. The lowest BCUT2D eigenvalue weighted by Gasteiger charge is -2.21. The van der Waals surface area contributed by atoms with Gasteiger partial charge in [-0.25, -0.2) is 4.79 Å². The summed E-state index contributed by atoms with van der Waals surface area (Å²) in [6.45, 7) is 1.33. The molecule has 1 amide bonds. The minimum absolute atomic E-state index is 0.298. The normalized spacial score (nSPS) is 13.4. The van der Waals surface area contributed by atoms with Crippen LogP contribution < -0.4 is 5.32 Å². The number of halogens is 2. The number of nitrogens with one attached hydrogen (secondary N) is 1. The van der Waals surface area contributed by atoms with Gasteiger partial charge in [-0.2, -0.15) is 8.78 Å². The van der Waals surface area contributed by atoms with Gasteiger partial charge in [0.15, 0.2) is 0 Å². The predicted octanol–water partition coefficient (Wildman–Crippen LogP) is 1.32. The maximum atomic E-state index is 11.7. The van der Waals surface area contributed by atoms with Crippen molar-refractivity contribution in [2.24, 2.45) is 0 Å². The molecule has 0 fully saturated rings. The number of rotatable bonds is 5. The smallest absolute Gasteiger partial charge is 0.408 e. The second kappa shape index (κ2) is 6.37. The zero-order valence-electron chi connectivity index (χ0n) is 9.33. The van der Waals surface area contributed by atoms with Gasteiger partial charge < -0.3 is 19.6 Å². The Balaban J connectivity index is 4.02. The average molecular weight is 239 g/mol. The van der Waals surface area contributed by atoms with Crippen molar-refractivity contribution in [3.63, 3.8) is 0 Å². The molecule has 0 spiro atoms. The fourth-order valence-corrected chi connectivity index (χ4v) is 0.750. The Labute approximate surface area is 92.1 Å². The number of hydrogen-bond donors (Lipinski definition) is 1. The predicted molar refractivity (Wildman–Crippen MR) is 51.2 cm³/mol. The van der Waals surface area contributed by atoms with Crippen LogP contribution >= 0.6 is 0 Å². The van der Waals surface area contributed by atoms with Gasteiger partial charge in [-0.05, 0) is 20.8 Å². The van der Waals surface area contributed by atoms with Crippen molar-refractivity contribution in [1.82, 2.24) is 5.32 Å². The van der Waals surface area contributed by atoms with Gasteiger partial charge in [0, 0.05) is 0 Å². The van der Waals surface area contributed by atoms with Crippen LogP contribution in [0.1, 0.15) is 20.8 Å². The summed E-state index contributed by atoms with van der Waals surface area (Å²) in [5, 5.41) is 2.09. The van der Waals surface area contributed by atoms with Gasteiger partial charge in [0.05, 0.1) is 6.61 Å². The van der Waals surface area contributed by atoms with E-state index in [4.69, 9.17) is 4.74 Å². The fourth-order valence-electron chi connectivity index (χ4n) is 0.750. The molecule has 1 atom stereocenters. The van der Waals surface area contributed by atoms with E-state index < -0.39 is 31.0 Å². The number of amides is 1. The molecule has 1 N–H and O–H groups in total. The molecular formula is C9H15F2NO4. The highest BCUT2D eigenvalue weighted by atomic mass is 19.3. The largest absolute Gasteiger partial charge is 0.444 e. The molecule has 7 heteroatoms. The molecule has 0 saturated carbocycles. The van der Waals surface area contributed by atoms with Gasteiger partial charge in [0.2, 0.25) is 0 Å². The molecule has 0 saturated heterocycles. The summed E-state index contributed by atoms with van der Waals surface area (Å²) >= 11 is 0. The molecule has 0 aliphatic rings. The monoisotopic (exact) mass is 239 g/mol. The number of ether oxygens (including phenoxy) is 2. The van der Waals surface area contributed by atoms with Crippen molar-refractivity contribution < 1.29 is 27.8 Å². The number of aldehydes is 1. The van der Waals surface area contributed by atoms with Crippen LogP contribution in [0.2, 0.25) is 0 Å². The third-order valence-electron chi connectivity index (χ3n) is 1.27. The molecule has 0 aromatic rings. The molecule has 0 radical (unpaired) electrons. The van der Waals surface area contributed by atoms with Gasteiger partial charge in [-0.15, -0.1) is 0 Å². The van der Waals surface area contributed by atoms with E-state index in [-0.39, 0.29) is 0 Å². The van der Waals surface area contributed by atoms with Crippen molar-refractivity contribution in [3.05, 3.63) is 0 Å². The summed E-state index contributed by atoms with van der Waals surface area (Å²) in [5.41, 5.74) is -0.721. The Bertz CT molecular complexity index is 240. The summed E-state index contributed by atoms with van der Waals surface area (Å²) in [6.07, 6.45) is -0.561. The molecule has 94 valence electrons. The highest BCUT2D eigenvalue weighted by Crippen LogP contribution is 2.06. The Morgan fingerprint density at radius 3 is 2.38 bits per heavy atom. The second-order valence-electron chi connectivity index (χ2n) is 3.98. The first-order valence-electron chi connectivity index (χ1n) is 4.59. The van der Waals surface area contributed by atoms with E-state index in [0.717, 1.165) is 0 Å². The standard InChI is InChI=1S/C9H15F2NO4/c1-9(2,3)16-8(14)12-6(4-13)5-15-7(10)11/h4,6-7H,5H2,1-3H3,(H,12,14)/t6-/m1/s1. The number of alkyl halides is 2. The van der Waals surface area contributed by atoms with Crippen LogP contribution in [-0.2, 0) is 14.3 Å². The number of carbonyl (C=O) groups is 2. The van der Waals surface area contributed by atoms with Crippen LogP contribution in [0.5, 0.6) is 0 Å². The van der Waals surface area contributed by atoms with E-state index in [1.165, 1.54) is 0 Å². The van der Waals surface area contributed by atoms with Crippen LogP contribution in [0.25, 0.3) is 0 Å². The van der Waals surface area contributed by atoms with E-state index >= 15 is 0 Å². The Hall–Kier alpha value is -1.24. The molecule has 5 nitrogen and oxygen atoms in total. The highest BCUT2D eigenvalue weighted by Gasteiger charge is 2.20. The molecule has 0 rings (SSSR count).